The fourth-order valence-corrected chi connectivity index (χ4v) is 2.73. The fourth-order valence-electron chi connectivity index (χ4n) is 1.39. The van der Waals surface area contributed by atoms with Crippen molar-refractivity contribution in [3.8, 4) is 0 Å². The third kappa shape index (κ3) is 2.66. The Morgan fingerprint density at radius 2 is 2.14 bits per heavy atom. The zero-order valence-electron chi connectivity index (χ0n) is 7.80. The second-order valence-electron chi connectivity index (χ2n) is 3.73. The van der Waals surface area contributed by atoms with Gasteiger partial charge in [-0.15, -0.1) is 0 Å². The summed E-state index contributed by atoms with van der Waals surface area (Å²) in [6.07, 6.45) is 0.339. The SMILES string of the molecule is CC1(O)CCN(S(=O)(=O)CC(=O)O)C1. The first-order chi connectivity index (χ1) is 6.23. The van der Waals surface area contributed by atoms with Crippen molar-refractivity contribution in [1.82, 2.24) is 4.31 Å². The van der Waals surface area contributed by atoms with Gasteiger partial charge in [0.15, 0.2) is 5.75 Å². The molecule has 14 heavy (non-hydrogen) atoms. The predicted octanol–water partition coefficient (Wildman–Crippen LogP) is -1.14. The van der Waals surface area contributed by atoms with Crippen molar-refractivity contribution in [1.29, 1.82) is 0 Å². The molecule has 0 aromatic heterocycles. The molecule has 6 nitrogen and oxygen atoms in total. The number of β-amino-alcohol motifs (C(OH)–C–C–N with tert-alkyl or cyclic N) is 1. The van der Waals surface area contributed by atoms with Crippen molar-refractivity contribution in [2.24, 2.45) is 0 Å². The normalized spacial score (nSPS) is 29.3. The first kappa shape index (κ1) is 11.4. The number of carbonyl (C=O) groups is 1. The topological polar surface area (TPSA) is 94.9 Å². The van der Waals surface area contributed by atoms with Crippen molar-refractivity contribution in [3.63, 3.8) is 0 Å². The number of hydrogen-bond acceptors (Lipinski definition) is 4. The molecule has 0 aliphatic carbocycles. The minimum atomic E-state index is -3.76. The Bertz CT molecular complexity index is 334. The van der Waals surface area contributed by atoms with Gasteiger partial charge in [0, 0.05) is 13.1 Å². The molecule has 0 bridgehead atoms. The maximum atomic E-state index is 11.4. The largest absolute Gasteiger partial charge is 0.480 e. The van der Waals surface area contributed by atoms with Crippen LogP contribution in [0.3, 0.4) is 0 Å². The van der Waals surface area contributed by atoms with Crippen LogP contribution in [0.2, 0.25) is 0 Å². The second kappa shape index (κ2) is 3.48. The third-order valence-corrected chi connectivity index (χ3v) is 3.83. The zero-order chi connectivity index (χ0) is 11.0. The third-order valence-electron chi connectivity index (χ3n) is 2.12. The van der Waals surface area contributed by atoms with Crippen molar-refractivity contribution >= 4 is 16.0 Å². The molecule has 1 atom stereocenters. The van der Waals surface area contributed by atoms with Gasteiger partial charge in [0.05, 0.1) is 5.60 Å². The summed E-state index contributed by atoms with van der Waals surface area (Å²) in [6.45, 7) is 1.69. The minimum absolute atomic E-state index is 0.0252. The van der Waals surface area contributed by atoms with E-state index in [1.807, 2.05) is 0 Å². The van der Waals surface area contributed by atoms with Gasteiger partial charge in [0.1, 0.15) is 0 Å². The molecule has 2 N–H and O–H groups in total. The van der Waals surface area contributed by atoms with Gasteiger partial charge in [-0.3, -0.25) is 4.79 Å². The number of rotatable bonds is 3. The minimum Gasteiger partial charge on any atom is -0.480 e. The van der Waals surface area contributed by atoms with Gasteiger partial charge in [-0.05, 0) is 13.3 Å². The lowest BCUT2D eigenvalue weighted by molar-refractivity contribution is -0.134. The lowest BCUT2D eigenvalue weighted by Crippen LogP contribution is -2.37. The lowest BCUT2D eigenvalue weighted by Gasteiger charge is -2.17. The van der Waals surface area contributed by atoms with E-state index in [-0.39, 0.29) is 13.1 Å². The molecule has 1 aliphatic rings. The highest BCUT2D eigenvalue weighted by molar-refractivity contribution is 7.89. The predicted molar refractivity (Wildman–Crippen MR) is 48.2 cm³/mol. The quantitative estimate of drug-likeness (QED) is 0.630. The average Bonchev–Trinajstić information content (AvgIpc) is 2.27. The van der Waals surface area contributed by atoms with Gasteiger partial charge in [-0.2, -0.15) is 4.31 Å². The lowest BCUT2D eigenvalue weighted by atomic mass is 10.1. The van der Waals surface area contributed by atoms with Crippen LogP contribution in [0.25, 0.3) is 0 Å². The number of aliphatic carboxylic acids is 1. The molecule has 7 heteroatoms. The molecule has 0 aromatic carbocycles. The van der Waals surface area contributed by atoms with Gasteiger partial charge in [0.25, 0.3) is 0 Å². The number of sulfonamides is 1. The fraction of sp³-hybridized carbons (Fsp3) is 0.857. The average molecular weight is 223 g/mol. The van der Waals surface area contributed by atoms with Crippen LogP contribution in [0.4, 0.5) is 0 Å². The van der Waals surface area contributed by atoms with E-state index in [1.54, 1.807) is 0 Å². The molecule has 0 aromatic rings. The Morgan fingerprint density at radius 1 is 1.57 bits per heavy atom. The van der Waals surface area contributed by atoms with Gasteiger partial charge < -0.3 is 10.2 Å². The summed E-state index contributed by atoms with van der Waals surface area (Å²) in [6, 6.07) is 0. The van der Waals surface area contributed by atoms with Gasteiger partial charge in [0.2, 0.25) is 10.0 Å². The molecule has 1 aliphatic heterocycles. The Hall–Kier alpha value is -0.660. The summed E-state index contributed by atoms with van der Waals surface area (Å²) in [5, 5.41) is 17.9. The molecular formula is C7H13NO5S. The van der Waals surface area contributed by atoms with E-state index < -0.39 is 27.3 Å². The van der Waals surface area contributed by atoms with E-state index in [1.165, 1.54) is 6.92 Å². The van der Waals surface area contributed by atoms with E-state index in [4.69, 9.17) is 5.11 Å². The van der Waals surface area contributed by atoms with Gasteiger partial charge >= 0.3 is 5.97 Å². The molecule has 82 valence electrons. The summed E-state index contributed by atoms with van der Waals surface area (Å²) >= 11 is 0. The van der Waals surface area contributed by atoms with Crippen molar-refractivity contribution in [2.45, 2.75) is 18.9 Å². The maximum Gasteiger partial charge on any atom is 0.320 e. The number of carboxylic acid groups (broad SMARTS) is 1. The number of carboxylic acids is 1. The van der Waals surface area contributed by atoms with E-state index >= 15 is 0 Å². The maximum absolute atomic E-state index is 11.4. The summed E-state index contributed by atoms with van der Waals surface area (Å²) in [5.74, 6) is -2.29. The van der Waals surface area contributed by atoms with Crippen LogP contribution < -0.4 is 0 Å². The second-order valence-corrected chi connectivity index (χ2v) is 5.70. The first-order valence-corrected chi connectivity index (χ1v) is 5.76. The van der Waals surface area contributed by atoms with Crippen LogP contribution in [0.5, 0.6) is 0 Å². The van der Waals surface area contributed by atoms with Crippen LogP contribution in [0, 0.1) is 0 Å². The summed E-state index contributed by atoms with van der Waals surface area (Å²) in [4.78, 5) is 10.3. The number of nitrogens with zero attached hydrogens (tertiary/aromatic N) is 1. The van der Waals surface area contributed by atoms with Crippen LogP contribution in [0.1, 0.15) is 13.3 Å². The van der Waals surface area contributed by atoms with Crippen LogP contribution >= 0.6 is 0 Å². The highest BCUT2D eigenvalue weighted by Crippen LogP contribution is 2.22. The van der Waals surface area contributed by atoms with Crippen LogP contribution in [0.15, 0.2) is 0 Å². The highest BCUT2D eigenvalue weighted by Gasteiger charge is 2.38. The number of hydrogen-bond donors (Lipinski definition) is 2. The Labute approximate surface area is 82.2 Å². The van der Waals surface area contributed by atoms with Crippen molar-refractivity contribution in [2.75, 3.05) is 18.8 Å². The van der Waals surface area contributed by atoms with Gasteiger partial charge in [-0.25, -0.2) is 8.42 Å². The van der Waals surface area contributed by atoms with E-state index in [0.29, 0.717) is 6.42 Å². The first-order valence-electron chi connectivity index (χ1n) is 4.15. The van der Waals surface area contributed by atoms with Gasteiger partial charge in [-0.1, -0.05) is 0 Å². The van der Waals surface area contributed by atoms with Crippen LogP contribution in [-0.4, -0.2) is 53.3 Å². The molecule has 1 unspecified atom stereocenters. The Kier molecular flexibility index (Phi) is 2.84. The molecule has 1 heterocycles. The molecule has 1 saturated heterocycles. The molecule has 0 radical (unpaired) electrons. The Morgan fingerprint density at radius 3 is 2.50 bits per heavy atom. The molecule has 1 rings (SSSR count). The number of aliphatic hydroxyl groups is 1. The monoisotopic (exact) mass is 223 g/mol. The summed E-state index contributed by atoms with van der Waals surface area (Å²) < 4.78 is 23.7. The Balaban J connectivity index is 2.72. The molecule has 1 fully saturated rings. The smallest absolute Gasteiger partial charge is 0.320 e. The van der Waals surface area contributed by atoms with Crippen molar-refractivity contribution in [3.05, 3.63) is 0 Å². The molecule has 0 spiro atoms. The highest BCUT2D eigenvalue weighted by atomic mass is 32.2. The van der Waals surface area contributed by atoms with E-state index in [9.17, 15) is 18.3 Å². The summed E-state index contributed by atoms with van der Waals surface area (Å²) in [5.41, 5.74) is -1.04. The van der Waals surface area contributed by atoms with E-state index in [2.05, 4.69) is 0 Å². The molecule has 0 amide bonds. The van der Waals surface area contributed by atoms with E-state index in [0.717, 1.165) is 4.31 Å². The molecular weight excluding hydrogens is 210 g/mol. The summed E-state index contributed by atoms with van der Waals surface area (Å²) in [7, 11) is -3.76. The molecule has 0 saturated carbocycles. The standard InChI is InChI=1S/C7H13NO5S/c1-7(11)2-3-8(5-7)14(12,13)4-6(9)10/h11H,2-5H2,1H3,(H,9,10). The van der Waals surface area contributed by atoms with Crippen molar-refractivity contribution < 1.29 is 23.4 Å². The zero-order valence-corrected chi connectivity index (χ0v) is 8.62. The van der Waals surface area contributed by atoms with Crippen LogP contribution in [-0.2, 0) is 14.8 Å².